The summed E-state index contributed by atoms with van der Waals surface area (Å²) < 4.78 is 27.4. The van der Waals surface area contributed by atoms with E-state index in [0.717, 1.165) is 5.56 Å². The van der Waals surface area contributed by atoms with Crippen molar-refractivity contribution in [3.05, 3.63) is 65.7 Å². The first-order valence-electron chi connectivity index (χ1n) is 10.7. The standard InChI is InChI=1S/C24H30N2O4S/c1-18(2)26(17-20-7-5-4-6-8-20)24(28)22-13-15-25(16-14-22)31(29,30)23-11-9-21(10-12-23)19(3)27/h4-12,18,22H,13-17H2,1-3H3. The first kappa shape index (κ1) is 23.2. The molecule has 166 valence electrons. The summed E-state index contributed by atoms with van der Waals surface area (Å²) in [5, 5.41) is 0. The van der Waals surface area contributed by atoms with Gasteiger partial charge in [-0.15, -0.1) is 0 Å². The van der Waals surface area contributed by atoms with Crippen molar-refractivity contribution in [1.82, 2.24) is 9.21 Å². The van der Waals surface area contributed by atoms with E-state index < -0.39 is 10.0 Å². The Kier molecular flexibility index (Phi) is 7.28. The van der Waals surface area contributed by atoms with E-state index in [1.165, 1.54) is 35.5 Å². The van der Waals surface area contributed by atoms with Crippen molar-refractivity contribution in [1.29, 1.82) is 0 Å². The van der Waals surface area contributed by atoms with Crippen molar-refractivity contribution in [2.45, 2.75) is 51.1 Å². The number of piperidine rings is 1. The molecule has 0 aromatic heterocycles. The number of Topliss-reactive ketones (excluding diaryl/α,β-unsaturated/α-hetero) is 1. The quantitative estimate of drug-likeness (QED) is 0.613. The Labute approximate surface area is 184 Å². The van der Waals surface area contributed by atoms with Crippen LogP contribution in [0.25, 0.3) is 0 Å². The minimum Gasteiger partial charge on any atom is -0.336 e. The molecule has 1 aliphatic rings. The molecule has 6 nitrogen and oxygen atoms in total. The average Bonchev–Trinajstić information content (AvgIpc) is 2.77. The lowest BCUT2D eigenvalue weighted by molar-refractivity contribution is -0.139. The number of benzene rings is 2. The molecule has 0 radical (unpaired) electrons. The Bertz CT molecular complexity index is 1010. The van der Waals surface area contributed by atoms with Crippen LogP contribution in [0.4, 0.5) is 0 Å². The van der Waals surface area contributed by atoms with Gasteiger partial charge in [0.2, 0.25) is 15.9 Å². The van der Waals surface area contributed by atoms with Crippen molar-refractivity contribution >= 4 is 21.7 Å². The maximum Gasteiger partial charge on any atom is 0.243 e. The normalized spacial score (nSPS) is 15.7. The average molecular weight is 443 g/mol. The van der Waals surface area contributed by atoms with E-state index >= 15 is 0 Å². The van der Waals surface area contributed by atoms with Crippen LogP contribution >= 0.6 is 0 Å². The molecule has 1 fully saturated rings. The van der Waals surface area contributed by atoms with E-state index in [-0.39, 0.29) is 28.5 Å². The van der Waals surface area contributed by atoms with Crippen LogP contribution in [-0.4, -0.2) is 48.4 Å². The Morgan fingerprint density at radius 3 is 2.10 bits per heavy atom. The monoisotopic (exact) mass is 442 g/mol. The molecule has 0 unspecified atom stereocenters. The third-order valence-corrected chi connectivity index (χ3v) is 7.72. The number of sulfonamides is 1. The third kappa shape index (κ3) is 5.40. The van der Waals surface area contributed by atoms with E-state index in [1.54, 1.807) is 0 Å². The van der Waals surface area contributed by atoms with Crippen LogP contribution < -0.4 is 0 Å². The number of rotatable bonds is 7. The van der Waals surface area contributed by atoms with E-state index in [4.69, 9.17) is 0 Å². The topological polar surface area (TPSA) is 74.8 Å². The van der Waals surface area contributed by atoms with Crippen LogP contribution in [0.2, 0.25) is 0 Å². The molecule has 0 saturated carbocycles. The first-order valence-corrected chi connectivity index (χ1v) is 12.1. The van der Waals surface area contributed by atoms with Gasteiger partial charge in [0.15, 0.2) is 5.78 Å². The first-order chi connectivity index (χ1) is 14.7. The summed E-state index contributed by atoms with van der Waals surface area (Å²) in [5.41, 5.74) is 1.56. The second-order valence-corrected chi connectivity index (χ2v) is 10.2. The van der Waals surface area contributed by atoms with Gasteiger partial charge < -0.3 is 4.90 Å². The van der Waals surface area contributed by atoms with Crippen LogP contribution in [0, 0.1) is 5.92 Å². The maximum absolute atomic E-state index is 13.2. The predicted molar refractivity (Wildman–Crippen MR) is 120 cm³/mol. The van der Waals surface area contributed by atoms with E-state index in [2.05, 4.69) is 0 Å². The van der Waals surface area contributed by atoms with Gasteiger partial charge >= 0.3 is 0 Å². The molecule has 2 aromatic rings. The number of nitrogens with zero attached hydrogens (tertiary/aromatic N) is 2. The van der Waals surface area contributed by atoms with E-state index in [0.29, 0.717) is 38.0 Å². The van der Waals surface area contributed by atoms with Gasteiger partial charge in [0, 0.05) is 37.2 Å². The molecule has 31 heavy (non-hydrogen) atoms. The number of ketones is 1. The van der Waals surface area contributed by atoms with Gasteiger partial charge in [-0.2, -0.15) is 4.31 Å². The molecule has 0 atom stereocenters. The van der Waals surface area contributed by atoms with Crippen LogP contribution in [0.15, 0.2) is 59.5 Å². The summed E-state index contributed by atoms with van der Waals surface area (Å²) >= 11 is 0. The molecular weight excluding hydrogens is 412 g/mol. The highest BCUT2D eigenvalue weighted by Crippen LogP contribution is 2.26. The maximum atomic E-state index is 13.2. The Balaban J connectivity index is 1.65. The molecule has 0 spiro atoms. The van der Waals surface area contributed by atoms with Crippen molar-refractivity contribution < 1.29 is 18.0 Å². The van der Waals surface area contributed by atoms with Gasteiger partial charge in [-0.1, -0.05) is 42.5 Å². The summed E-state index contributed by atoms with van der Waals surface area (Å²) in [4.78, 5) is 26.7. The van der Waals surface area contributed by atoms with Crippen LogP contribution in [0.5, 0.6) is 0 Å². The zero-order valence-corrected chi connectivity index (χ0v) is 19.1. The fraction of sp³-hybridized carbons (Fsp3) is 0.417. The molecule has 3 rings (SSSR count). The van der Waals surface area contributed by atoms with Gasteiger partial charge in [-0.3, -0.25) is 9.59 Å². The Morgan fingerprint density at radius 1 is 1.00 bits per heavy atom. The highest BCUT2D eigenvalue weighted by molar-refractivity contribution is 7.89. The lowest BCUT2D eigenvalue weighted by Crippen LogP contribution is -2.46. The Morgan fingerprint density at radius 2 is 1.58 bits per heavy atom. The summed E-state index contributed by atoms with van der Waals surface area (Å²) in [6, 6.07) is 16.0. The van der Waals surface area contributed by atoms with Crippen molar-refractivity contribution in [3.8, 4) is 0 Å². The molecule has 1 aliphatic heterocycles. The summed E-state index contributed by atoms with van der Waals surface area (Å²) in [5.74, 6) is -0.201. The molecule has 0 bridgehead atoms. The van der Waals surface area contributed by atoms with Gasteiger partial charge in [0.25, 0.3) is 0 Å². The number of hydrogen-bond donors (Lipinski definition) is 0. The second-order valence-electron chi connectivity index (χ2n) is 8.30. The van der Waals surface area contributed by atoms with Crippen molar-refractivity contribution in [2.75, 3.05) is 13.1 Å². The summed E-state index contributed by atoms with van der Waals surface area (Å²) in [6.45, 7) is 6.63. The molecule has 0 aliphatic carbocycles. The molecule has 0 N–H and O–H groups in total. The summed E-state index contributed by atoms with van der Waals surface area (Å²) in [6.07, 6.45) is 1.00. The number of carbonyl (C=O) groups is 2. The molecule has 1 heterocycles. The summed E-state index contributed by atoms with van der Waals surface area (Å²) in [7, 11) is -3.64. The van der Waals surface area contributed by atoms with Crippen molar-refractivity contribution in [2.24, 2.45) is 5.92 Å². The smallest absolute Gasteiger partial charge is 0.243 e. The highest BCUT2D eigenvalue weighted by Gasteiger charge is 2.34. The minimum atomic E-state index is -3.64. The zero-order chi connectivity index (χ0) is 22.6. The van der Waals surface area contributed by atoms with E-state index in [1.807, 2.05) is 49.1 Å². The van der Waals surface area contributed by atoms with Crippen LogP contribution in [0.1, 0.15) is 49.5 Å². The Hall–Kier alpha value is -2.51. The third-order valence-electron chi connectivity index (χ3n) is 5.80. The fourth-order valence-corrected chi connectivity index (χ4v) is 5.35. The van der Waals surface area contributed by atoms with Gasteiger partial charge in [-0.25, -0.2) is 8.42 Å². The number of carbonyl (C=O) groups excluding carboxylic acids is 2. The molecule has 2 aromatic carbocycles. The number of amides is 1. The zero-order valence-electron chi connectivity index (χ0n) is 18.3. The van der Waals surface area contributed by atoms with E-state index in [9.17, 15) is 18.0 Å². The largest absolute Gasteiger partial charge is 0.336 e. The molecular formula is C24H30N2O4S. The molecule has 7 heteroatoms. The minimum absolute atomic E-state index is 0.0641. The van der Waals surface area contributed by atoms with Gasteiger partial charge in [-0.05, 0) is 51.3 Å². The molecule has 1 saturated heterocycles. The highest BCUT2D eigenvalue weighted by atomic mass is 32.2. The second kappa shape index (κ2) is 9.75. The number of hydrogen-bond acceptors (Lipinski definition) is 4. The lowest BCUT2D eigenvalue weighted by Gasteiger charge is -2.35. The van der Waals surface area contributed by atoms with Gasteiger partial charge in [0.1, 0.15) is 0 Å². The van der Waals surface area contributed by atoms with Crippen LogP contribution in [-0.2, 0) is 21.4 Å². The predicted octanol–water partition coefficient (Wildman–Crippen LogP) is 3.73. The molecule has 1 amide bonds. The van der Waals surface area contributed by atoms with Crippen LogP contribution in [0.3, 0.4) is 0 Å². The van der Waals surface area contributed by atoms with Crippen molar-refractivity contribution in [3.63, 3.8) is 0 Å². The van der Waals surface area contributed by atoms with Gasteiger partial charge in [0.05, 0.1) is 4.90 Å². The fourth-order valence-electron chi connectivity index (χ4n) is 3.88. The lowest BCUT2D eigenvalue weighted by atomic mass is 9.95. The SMILES string of the molecule is CC(=O)c1ccc(S(=O)(=O)N2CCC(C(=O)N(Cc3ccccc3)C(C)C)CC2)cc1.